The number of aromatic amines is 1. The smallest absolute Gasteiger partial charge is 0.296 e. The van der Waals surface area contributed by atoms with E-state index in [1.165, 1.54) is 6.20 Å². The van der Waals surface area contributed by atoms with Crippen molar-refractivity contribution in [2.24, 2.45) is 0 Å². The van der Waals surface area contributed by atoms with Gasteiger partial charge in [-0.3, -0.25) is 9.97 Å². The number of hydrogen-bond donors (Lipinski definition) is 1. The number of H-pyrrole nitrogens is 1. The lowest BCUT2D eigenvalue weighted by Gasteiger charge is -2.01. The Hall–Kier alpha value is -1.68. The second-order valence-corrected chi connectivity index (χ2v) is 3.03. The SMILES string of the molecule is O=c1ncc(-c2ccncc2)c(Cl)[nH]1. The van der Waals surface area contributed by atoms with Crippen molar-refractivity contribution in [2.45, 2.75) is 0 Å². The molecule has 2 aromatic heterocycles. The highest BCUT2D eigenvalue weighted by molar-refractivity contribution is 6.32. The summed E-state index contributed by atoms with van der Waals surface area (Å²) in [4.78, 5) is 20.7. The van der Waals surface area contributed by atoms with Gasteiger partial charge in [-0.1, -0.05) is 11.6 Å². The predicted molar refractivity (Wildman–Crippen MR) is 53.1 cm³/mol. The summed E-state index contributed by atoms with van der Waals surface area (Å²) in [6, 6.07) is 3.59. The molecule has 0 amide bonds. The molecule has 0 radical (unpaired) electrons. The Kier molecular flexibility index (Phi) is 2.28. The van der Waals surface area contributed by atoms with Crippen LogP contribution in [0, 0.1) is 0 Å². The fraction of sp³-hybridized carbons (Fsp3) is 0. The number of aromatic nitrogens is 3. The maximum Gasteiger partial charge on any atom is 0.346 e. The minimum absolute atomic E-state index is 0.288. The predicted octanol–water partition coefficient (Wildman–Crippen LogP) is 1.49. The highest BCUT2D eigenvalue weighted by atomic mass is 35.5. The number of pyridine rings is 1. The van der Waals surface area contributed by atoms with Gasteiger partial charge in [-0.05, 0) is 17.7 Å². The van der Waals surface area contributed by atoms with Crippen LogP contribution in [-0.4, -0.2) is 15.0 Å². The first-order chi connectivity index (χ1) is 6.77. The third-order valence-electron chi connectivity index (χ3n) is 1.76. The van der Waals surface area contributed by atoms with Gasteiger partial charge in [-0.2, -0.15) is 0 Å². The highest BCUT2D eigenvalue weighted by Crippen LogP contribution is 2.22. The van der Waals surface area contributed by atoms with E-state index in [4.69, 9.17) is 11.6 Å². The topological polar surface area (TPSA) is 58.6 Å². The number of rotatable bonds is 1. The fourth-order valence-corrected chi connectivity index (χ4v) is 1.34. The Bertz CT molecular complexity index is 495. The van der Waals surface area contributed by atoms with Crippen LogP contribution in [0.4, 0.5) is 0 Å². The molecule has 70 valence electrons. The molecule has 0 aliphatic heterocycles. The van der Waals surface area contributed by atoms with E-state index >= 15 is 0 Å². The first kappa shape index (κ1) is 8.90. The molecular formula is C9H6ClN3O. The minimum atomic E-state index is -0.451. The molecule has 0 bridgehead atoms. The van der Waals surface area contributed by atoms with Crippen LogP contribution in [0.1, 0.15) is 0 Å². The van der Waals surface area contributed by atoms with Crippen LogP contribution in [0.2, 0.25) is 5.15 Å². The summed E-state index contributed by atoms with van der Waals surface area (Å²) in [6.07, 6.45) is 4.74. The van der Waals surface area contributed by atoms with Crippen LogP contribution in [0.25, 0.3) is 11.1 Å². The Balaban J connectivity index is 2.58. The summed E-state index contributed by atoms with van der Waals surface area (Å²) < 4.78 is 0. The van der Waals surface area contributed by atoms with Gasteiger partial charge in [-0.15, -0.1) is 0 Å². The lowest BCUT2D eigenvalue weighted by atomic mass is 10.1. The summed E-state index contributed by atoms with van der Waals surface area (Å²) in [5.74, 6) is 0. The van der Waals surface area contributed by atoms with Gasteiger partial charge in [0.05, 0.1) is 0 Å². The van der Waals surface area contributed by atoms with Crippen molar-refractivity contribution in [1.29, 1.82) is 0 Å². The van der Waals surface area contributed by atoms with Crippen molar-refractivity contribution in [2.75, 3.05) is 0 Å². The van der Waals surface area contributed by atoms with E-state index < -0.39 is 5.69 Å². The third kappa shape index (κ3) is 1.65. The van der Waals surface area contributed by atoms with Gasteiger partial charge in [-0.25, -0.2) is 9.78 Å². The van der Waals surface area contributed by atoms with E-state index in [1.54, 1.807) is 24.5 Å². The molecule has 5 heteroatoms. The second kappa shape index (κ2) is 3.59. The van der Waals surface area contributed by atoms with Crippen molar-refractivity contribution in [3.8, 4) is 11.1 Å². The van der Waals surface area contributed by atoms with E-state index in [9.17, 15) is 4.79 Å². The average molecular weight is 208 g/mol. The zero-order valence-corrected chi connectivity index (χ0v) is 7.82. The molecule has 2 aromatic rings. The van der Waals surface area contributed by atoms with Crippen LogP contribution in [0.15, 0.2) is 35.5 Å². The molecule has 2 rings (SSSR count). The first-order valence-corrected chi connectivity index (χ1v) is 4.30. The maximum atomic E-state index is 10.8. The quantitative estimate of drug-likeness (QED) is 0.721. The van der Waals surface area contributed by atoms with Crippen molar-refractivity contribution < 1.29 is 0 Å². The lowest BCUT2D eigenvalue weighted by molar-refractivity contribution is 1.08. The van der Waals surface area contributed by atoms with Gasteiger partial charge in [0.2, 0.25) is 0 Å². The molecule has 0 saturated heterocycles. The number of halogens is 1. The average Bonchev–Trinajstić information content (AvgIpc) is 2.19. The molecule has 0 fully saturated rings. The van der Waals surface area contributed by atoms with E-state index in [0.717, 1.165) is 5.56 Å². The van der Waals surface area contributed by atoms with Gasteiger partial charge in [0.1, 0.15) is 5.15 Å². The first-order valence-electron chi connectivity index (χ1n) is 3.92. The molecule has 0 saturated carbocycles. The van der Waals surface area contributed by atoms with E-state index in [2.05, 4.69) is 15.0 Å². The van der Waals surface area contributed by atoms with Crippen molar-refractivity contribution in [3.63, 3.8) is 0 Å². The Morgan fingerprint density at radius 2 is 2.00 bits per heavy atom. The summed E-state index contributed by atoms with van der Waals surface area (Å²) in [5, 5.41) is 0.288. The summed E-state index contributed by atoms with van der Waals surface area (Å²) in [6.45, 7) is 0. The van der Waals surface area contributed by atoms with Crippen LogP contribution in [0.3, 0.4) is 0 Å². The van der Waals surface area contributed by atoms with Gasteiger partial charge in [0, 0.05) is 24.2 Å². The maximum absolute atomic E-state index is 10.8. The number of nitrogens with zero attached hydrogens (tertiary/aromatic N) is 2. The summed E-state index contributed by atoms with van der Waals surface area (Å²) >= 11 is 5.85. The van der Waals surface area contributed by atoms with Crippen LogP contribution >= 0.6 is 11.6 Å². The Labute approximate surface area is 84.6 Å². The molecule has 0 spiro atoms. The van der Waals surface area contributed by atoms with Crippen LogP contribution in [-0.2, 0) is 0 Å². The number of hydrogen-bond acceptors (Lipinski definition) is 3. The Morgan fingerprint density at radius 1 is 1.29 bits per heavy atom. The molecule has 1 N–H and O–H groups in total. The summed E-state index contributed by atoms with van der Waals surface area (Å²) in [7, 11) is 0. The standard InChI is InChI=1S/C9H6ClN3O/c10-8-7(5-12-9(14)13-8)6-1-3-11-4-2-6/h1-5H,(H,12,13,14). The van der Waals surface area contributed by atoms with E-state index in [-0.39, 0.29) is 5.15 Å². The zero-order chi connectivity index (χ0) is 9.97. The largest absolute Gasteiger partial charge is 0.346 e. The molecule has 2 heterocycles. The van der Waals surface area contributed by atoms with Crippen LogP contribution in [0.5, 0.6) is 0 Å². The molecule has 14 heavy (non-hydrogen) atoms. The van der Waals surface area contributed by atoms with Crippen molar-refractivity contribution in [3.05, 3.63) is 46.4 Å². The highest BCUT2D eigenvalue weighted by Gasteiger charge is 2.03. The van der Waals surface area contributed by atoms with Gasteiger partial charge < -0.3 is 0 Å². The van der Waals surface area contributed by atoms with Crippen molar-refractivity contribution in [1.82, 2.24) is 15.0 Å². The molecule has 0 aliphatic carbocycles. The van der Waals surface area contributed by atoms with Crippen LogP contribution < -0.4 is 5.69 Å². The van der Waals surface area contributed by atoms with E-state index in [1.807, 2.05) is 0 Å². The van der Waals surface area contributed by atoms with Gasteiger partial charge in [0.15, 0.2) is 0 Å². The van der Waals surface area contributed by atoms with Gasteiger partial charge >= 0.3 is 5.69 Å². The number of nitrogens with one attached hydrogen (secondary N) is 1. The Morgan fingerprint density at radius 3 is 2.64 bits per heavy atom. The molecule has 4 nitrogen and oxygen atoms in total. The monoisotopic (exact) mass is 207 g/mol. The molecule has 0 aromatic carbocycles. The second-order valence-electron chi connectivity index (χ2n) is 2.65. The fourth-order valence-electron chi connectivity index (χ4n) is 1.11. The minimum Gasteiger partial charge on any atom is -0.296 e. The lowest BCUT2D eigenvalue weighted by Crippen LogP contribution is -2.09. The zero-order valence-electron chi connectivity index (χ0n) is 7.07. The summed E-state index contributed by atoms with van der Waals surface area (Å²) in [5.41, 5.74) is 1.11. The van der Waals surface area contributed by atoms with E-state index in [0.29, 0.717) is 5.56 Å². The normalized spacial score (nSPS) is 10.1. The third-order valence-corrected chi connectivity index (χ3v) is 2.05. The van der Waals surface area contributed by atoms with Gasteiger partial charge in [0.25, 0.3) is 0 Å². The molecule has 0 atom stereocenters. The molecule has 0 aliphatic rings. The van der Waals surface area contributed by atoms with Crippen molar-refractivity contribution >= 4 is 11.6 Å². The molecular weight excluding hydrogens is 202 g/mol. The molecule has 0 unspecified atom stereocenters.